The van der Waals surface area contributed by atoms with Crippen molar-refractivity contribution in [1.82, 2.24) is 14.1 Å². The van der Waals surface area contributed by atoms with Gasteiger partial charge >= 0.3 is 0 Å². The molecule has 9 aromatic rings. The van der Waals surface area contributed by atoms with Gasteiger partial charge < -0.3 is 4.74 Å². The number of hydrogen-bond acceptors (Lipinski definition) is 2. The minimum Gasteiger partial charge on any atom is -0.458 e. The maximum atomic E-state index is 8.59. The molecule has 6 aromatic carbocycles. The van der Waals surface area contributed by atoms with Crippen LogP contribution in [0.3, 0.4) is 0 Å². The van der Waals surface area contributed by atoms with Crippen LogP contribution in [-0.2, 0) is 10.8 Å². The number of rotatable bonds is 6. The number of aryl methyl sites for hydroxylation is 2. The zero-order chi connectivity index (χ0) is 49.0. The molecular weight excluding hydrogens is 697 g/mol. The van der Waals surface area contributed by atoms with Crippen molar-refractivity contribution in [3.63, 3.8) is 0 Å². The summed E-state index contributed by atoms with van der Waals surface area (Å²) in [4.78, 5) is 4.70. The molecule has 57 heavy (non-hydrogen) atoms. The average molecular weight is 756 g/mol. The highest BCUT2D eigenvalue weighted by Crippen LogP contribution is 2.38. The van der Waals surface area contributed by atoms with Crippen molar-refractivity contribution < 1.29 is 24.4 Å². The largest absolute Gasteiger partial charge is 0.458 e. The van der Waals surface area contributed by atoms with Crippen LogP contribution in [0.2, 0.25) is 0 Å². The second-order valence-electron chi connectivity index (χ2n) is 16.4. The number of para-hydroxylation sites is 3. The van der Waals surface area contributed by atoms with Gasteiger partial charge in [-0.05, 0) is 89.3 Å². The van der Waals surface area contributed by atoms with E-state index in [-0.39, 0.29) is 22.5 Å². The molecule has 0 saturated carbocycles. The monoisotopic (exact) mass is 755 g/mol. The molecule has 5 nitrogen and oxygen atoms in total. The van der Waals surface area contributed by atoms with Gasteiger partial charge in [0, 0.05) is 36.8 Å². The van der Waals surface area contributed by atoms with E-state index >= 15 is 0 Å². The SMILES string of the molecule is [2H]c1c([2H])c([2H])c(-c2cnc(-n3c4ccccc4c4ccc(Oc5cccc(-n6[c-][n+](-c7c(C(C)(C)C)cc(C([2H])([2H])[2H])cc7C(C)(C)C)c7ccccc76)c5)cc43)cc2C([2H])([2H])[2H])c([2H])c1[2H]. The van der Waals surface area contributed by atoms with Crippen LogP contribution in [0.15, 0.2) is 146 Å². The molecule has 3 aromatic heterocycles. The van der Waals surface area contributed by atoms with Gasteiger partial charge in [0.15, 0.2) is 0 Å². The molecule has 0 radical (unpaired) electrons. The maximum absolute atomic E-state index is 8.59. The third-order valence-corrected chi connectivity index (χ3v) is 10.4. The van der Waals surface area contributed by atoms with E-state index in [0.29, 0.717) is 22.6 Å². The summed E-state index contributed by atoms with van der Waals surface area (Å²) in [5.41, 5.74) is 5.49. The highest BCUT2D eigenvalue weighted by Gasteiger charge is 2.29. The lowest BCUT2D eigenvalue weighted by molar-refractivity contribution is -0.574. The molecule has 0 saturated heterocycles. The molecule has 0 amide bonds. The first-order valence-electron chi connectivity index (χ1n) is 24.4. The Labute approximate surface area is 350 Å². The van der Waals surface area contributed by atoms with E-state index < -0.39 is 54.7 Å². The number of fused-ring (bicyclic) bond motifs is 4. The van der Waals surface area contributed by atoms with E-state index in [9.17, 15) is 0 Å². The number of benzene rings is 6. The molecule has 0 aliphatic rings. The highest BCUT2D eigenvalue weighted by atomic mass is 16.5. The molecule has 0 N–H and O–H groups in total. The van der Waals surface area contributed by atoms with Gasteiger partial charge in [0.25, 0.3) is 6.33 Å². The second-order valence-corrected chi connectivity index (χ2v) is 16.4. The fraction of sp³-hybridized carbons (Fsp3) is 0.192. The summed E-state index contributed by atoms with van der Waals surface area (Å²) in [5.74, 6) is 1.26. The summed E-state index contributed by atoms with van der Waals surface area (Å²) in [6.45, 7) is 7.50. The summed E-state index contributed by atoms with van der Waals surface area (Å²) >= 11 is 0. The standard InChI is InChI=1S/C52H48N4O/c1-34-27-43(51(3,4)5)50(44(28-34)52(6,7)8)55-33-54(46-23-14-15-24-47(46)55)37-19-16-20-38(30-37)57-39-25-26-41-40-21-12-13-22-45(40)56(48(41)31-39)49-29-35(2)42(32-53-49)36-17-10-9-11-18-36/h9-32H,1-8H3/i1D3,2D3,9D,10D,11D,17D,18D. The van der Waals surface area contributed by atoms with E-state index in [4.69, 9.17) is 24.8 Å². The Balaban J connectivity index is 1.16. The average Bonchev–Trinajstić information content (AvgIpc) is 3.82. The molecule has 0 unspecified atom stereocenters. The lowest BCUT2D eigenvalue weighted by Crippen LogP contribution is -2.37. The van der Waals surface area contributed by atoms with Crippen molar-refractivity contribution in [3.05, 3.63) is 174 Å². The normalized spacial score (nSPS) is 15.4. The van der Waals surface area contributed by atoms with E-state index in [1.54, 1.807) is 0 Å². The molecule has 0 spiro atoms. The summed E-state index contributed by atoms with van der Waals surface area (Å²) in [6.07, 6.45) is 4.91. The topological polar surface area (TPSA) is 35.9 Å². The third kappa shape index (κ3) is 6.47. The maximum Gasteiger partial charge on any atom is 0.269 e. The molecule has 0 aliphatic carbocycles. The zero-order valence-electron chi connectivity index (χ0n) is 43.7. The predicted molar refractivity (Wildman–Crippen MR) is 235 cm³/mol. The minimum atomic E-state index is -2.75. The Kier molecular flexibility index (Phi) is 6.13. The molecule has 0 bridgehead atoms. The van der Waals surface area contributed by atoms with Crippen LogP contribution >= 0.6 is 0 Å². The number of ether oxygens (including phenoxy) is 1. The minimum absolute atomic E-state index is 0.0793. The Morgan fingerprint density at radius 1 is 0.684 bits per heavy atom. The smallest absolute Gasteiger partial charge is 0.269 e. The summed E-state index contributed by atoms with van der Waals surface area (Å²) < 4.78 is 105. The zero-order valence-corrected chi connectivity index (χ0v) is 32.7. The van der Waals surface area contributed by atoms with Gasteiger partial charge in [-0.3, -0.25) is 13.7 Å². The third-order valence-electron chi connectivity index (χ3n) is 10.4. The Hall–Kier alpha value is -6.46. The highest BCUT2D eigenvalue weighted by molar-refractivity contribution is 6.09. The second kappa shape index (κ2) is 13.6. The van der Waals surface area contributed by atoms with Crippen LogP contribution < -0.4 is 9.30 Å². The van der Waals surface area contributed by atoms with Crippen molar-refractivity contribution in [2.45, 2.75) is 66.1 Å². The first kappa shape index (κ1) is 25.6. The lowest BCUT2D eigenvalue weighted by Gasteiger charge is -2.31. The van der Waals surface area contributed by atoms with Crippen molar-refractivity contribution in [3.8, 4) is 39.8 Å². The van der Waals surface area contributed by atoms with E-state index in [1.165, 1.54) is 12.3 Å². The lowest BCUT2D eigenvalue weighted by atomic mass is 9.77. The molecule has 9 rings (SSSR count). The Morgan fingerprint density at radius 2 is 1.39 bits per heavy atom. The van der Waals surface area contributed by atoms with Gasteiger partial charge in [-0.15, -0.1) is 0 Å². The molecule has 5 heteroatoms. The molecule has 3 heterocycles. The van der Waals surface area contributed by atoms with Gasteiger partial charge in [0.1, 0.15) is 17.3 Å². The summed E-state index contributed by atoms with van der Waals surface area (Å²) in [5, 5.41) is 1.73. The Morgan fingerprint density at radius 3 is 2.12 bits per heavy atom. The Bertz CT molecular complexity index is 3430. The summed E-state index contributed by atoms with van der Waals surface area (Å²) in [6, 6.07) is 31.2. The van der Waals surface area contributed by atoms with Gasteiger partial charge in [0.2, 0.25) is 0 Å². The quantitative estimate of drug-likeness (QED) is 0.125. The van der Waals surface area contributed by atoms with Crippen LogP contribution in [0.4, 0.5) is 0 Å². The van der Waals surface area contributed by atoms with Crippen LogP contribution in [0.1, 0.15) is 78.9 Å². The van der Waals surface area contributed by atoms with Crippen molar-refractivity contribution in [1.29, 1.82) is 0 Å². The number of hydrogen-bond donors (Lipinski definition) is 0. The van der Waals surface area contributed by atoms with Gasteiger partial charge in [-0.2, -0.15) is 0 Å². The van der Waals surface area contributed by atoms with Crippen molar-refractivity contribution in [2.75, 3.05) is 0 Å². The summed E-state index contributed by atoms with van der Waals surface area (Å²) in [7, 11) is 0. The molecule has 282 valence electrons. The fourth-order valence-corrected chi connectivity index (χ4v) is 7.67. The van der Waals surface area contributed by atoms with Crippen molar-refractivity contribution >= 4 is 32.8 Å². The van der Waals surface area contributed by atoms with Gasteiger partial charge in [0.05, 0.1) is 40.3 Å². The molecule has 0 atom stereocenters. The predicted octanol–water partition coefficient (Wildman–Crippen LogP) is 12.9. The van der Waals surface area contributed by atoms with Gasteiger partial charge in [-0.25, -0.2) is 4.98 Å². The number of nitrogens with zero attached hydrogens (tertiary/aromatic N) is 4. The fourth-order valence-electron chi connectivity index (χ4n) is 7.67. The van der Waals surface area contributed by atoms with Crippen LogP contribution in [0, 0.1) is 20.0 Å². The molecule has 0 fully saturated rings. The van der Waals surface area contributed by atoms with E-state index in [2.05, 4.69) is 47.9 Å². The first-order valence-corrected chi connectivity index (χ1v) is 18.9. The van der Waals surface area contributed by atoms with Gasteiger partial charge in [-0.1, -0.05) is 138 Å². The van der Waals surface area contributed by atoms with Crippen LogP contribution in [0.25, 0.3) is 61.2 Å². The number of aromatic nitrogens is 4. The number of imidazole rings is 1. The van der Waals surface area contributed by atoms with E-state index in [0.717, 1.165) is 49.8 Å². The van der Waals surface area contributed by atoms with Crippen molar-refractivity contribution in [2.24, 2.45) is 0 Å². The van der Waals surface area contributed by atoms with E-state index in [1.807, 2.05) is 117 Å². The molecule has 0 aliphatic heterocycles. The van der Waals surface area contributed by atoms with Crippen LogP contribution in [-0.4, -0.2) is 14.1 Å². The molecular formula is C52H48N4O. The first-order chi connectivity index (χ1) is 31.8. The van der Waals surface area contributed by atoms with Crippen LogP contribution in [0.5, 0.6) is 11.5 Å². The number of pyridine rings is 1.